The molecule has 0 aromatic carbocycles. The Hall–Kier alpha value is -1.96. The lowest BCUT2D eigenvalue weighted by molar-refractivity contribution is -0.145. The fourth-order valence-corrected chi connectivity index (χ4v) is 4.01. The maximum absolute atomic E-state index is 12.4. The second-order valence-corrected chi connectivity index (χ2v) is 7.87. The first-order valence-corrected chi connectivity index (χ1v) is 10.0. The molecular formula is C14H23N5O7S. The van der Waals surface area contributed by atoms with Crippen LogP contribution in [-0.2, 0) is 24.3 Å². The monoisotopic (exact) mass is 405 g/mol. The molecule has 3 heterocycles. The molecule has 3 amide bonds. The van der Waals surface area contributed by atoms with Crippen LogP contribution in [0.1, 0.15) is 32.6 Å². The molecular weight excluding hydrogens is 382 g/mol. The number of carbonyl (C=O) groups is 2. The van der Waals surface area contributed by atoms with Crippen LogP contribution in [0.15, 0.2) is 0 Å². The Kier molecular flexibility index (Phi) is 5.55. The maximum atomic E-state index is 12.4. The van der Waals surface area contributed by atoms with Crippen molar-refractivity contribution in [3.8, 4) is 0 Å². The second kappa shape index (κ2) is 7.58. The normalized spacial score (nSPS) is 26.4. The number of hydrogen-bond acceptors (Lipinski definition) is 7. The lowest BCUT2D eigenvalue weighted by atomic mass is 10.0. The summed E-state index contributed by atoms with van der Waals surface area (Å²) in [6.45, 7) is 3.20. The molecule has 0 saturated carbocycles. The van der Waals surface area contributed by atoms with Gasteiger partial charge in [0.15, 0.2) is 0 Å². The molecule has 0 aromatic rings. The fourth-order valence-electron chi connectivity index (χ4n) is 3.62. The quantitative estimate of drug-likeness (QED) is 0.239. The highest BCUT2D eigenvalue weighted by atomic mass is 32.3. The molecule has 3 aliphatic heterocycles. The van der Waals surface area contributed by atoms with Gasteiger partial charge in [-0.25, -0.2) is 10.3 Å². The van der Waals surface area contributed by atoms with Gasteiger partial charge in [-0.2, -0.15) is 13.5 Å². The van der Waals surface area contributed by atoms with Crippen molar-refractivity contribution in [2.45, 2.75) is 50.8 Å². The van der Waals surface area contributed by atoms with Gasteiger partial charge in [-0.1, -0.05) is 0 Å². The highest BCUT2D eigenvalue weighted by molar-refractivity contribution is 7.80. The number of amides is 3. The van der Waals surface area contributed by atoms with Crippen molar-refractivity contribution in [3.63, 3.8) is 0 Å². The van der Waals surface area contributed by atoms with Crippen molar-refractivity contribution in [1.29, 1.82) is 5.41 Å². The summed E-state index contributed by atoms with van der Waals surface area (Å²) in [5.74, 6) is 0.0135. The molecule has 27 heavy (non-hydrogen) atoms. The Labute approximate surface area is 156 Å². The molecule has 0 aromatic heterocycles. The molecule has 3 saturated heterocycles. The van der Waals surface area contributed by atoms with E-state index < -0.39 is 34.4 Å². The van der Waals surface area contributed by atoms with Gasteiger partial charge in [-0.15, -0.1) is 4.28 Å². The Balaban J connectivity index is 1.51. The van der Waals surface area contributed by atoms with E-state index in [1.807, 2.05) is 4.90 Å². The number of fused-ring (bicyclic) bond motifs is 2. The fraction of sp³-hybridized carbons (Fsp3) is 0.786. The predicted molar refractivity (Wildman–Crippen MR) is 90.6 cm³/mol. The lowest BCUT2D eigenvalue weighted by Gasteiger charge is -2.33. The highest BCUT2D eigenvalue weighted by Gasteiger charge is 2.49. The van der Waals surface area contributed by atoms with Crippen molar-refractivity contribution in [1.82, 2.24) is 20.3 Å². The number of nitrogens with one attached hydrogen (secondary N) is 2. The average Bonchev–Trinajstić information content (AvgIpc) is 2.83. The smallest absolute Gasteiger partial charge is 0.361 e. The van der Waals surface area contributed by atoms with Crippen molar-refractivity contribution >= 4 is 28.2 Å². The maximum Gasteiger partial charge on any atom is 0.418 e. The van der Waals surface area contributed by atoms with Crippen LogP contribution in [0.25, 0.3) is 0 Å². The van der Waals surface area contributed by atoms with Gasteiger partial charge in [0.1, 0.15) is 6.04 Å². The summed E-state index contributed by atoms with van der Waals surface area (Å²) in [5.41, 5.74) is 2.40. The SMILES string of the molecule is CC(=N)N1CCC(ONC(=O)[C@@H]2CCC3CN2C(=O)N3OS(=O)(=O)O)CC1. The summed E-state index contributed by atoms with van der Waals surface area (Å²) < 4.78 is 34.9. The third kappa shape index (κ3) is 4.48. The van der Waals surface area contributed by atoms with Crippen molar-refractivity contribution < 1.29 is 31.7 Å². The molecule has 12 nitrogen and oxygen atoms in total. The summed E-state index contributed by atoms with van der Waals surface area (Å²) in [5, 5.41) is 8.20. The van der Waals surface area contributed by atoms with Crippen molar-refractivity contribution in [2.24, 2.45) is 0 Å². The number of amidine groups is 1. The number of hydroxylamine groups is 3. The second-order valence-electron chi connectivity index (χ2n) is 6.87. The Morgan fingerprint density at radius 1 is 1.26 bits per heavy atom. The van der Waals surface area contributed by atoms with Crippen LogP contribution in [0.3, 0.4) is 0 Å². The van der Waals surface area contributed by atoms with Crippen LogP contribution in [0.2, 0.25) is 0 Å². The van der Waals surface area contributed by atoms with Gasteiger partial charge in [0.2, 0.25) is 0 Å². The highest BCUT2D eigenvalue weighted by Crippen LogP contribution is 2.30. The van der Waals surface area contributed by atoms with Gasteiger partial charge in [0, 0.05) is 19.6 Å². The van der Waals surface area contributed by atoms with Gasteiger partial charge in [0.25, 0.3) is 5.91 Å². The molecule has 3 N–H and O–H groups in total. The van der Waals surface area contributed by atoms with E-state index in [9.17, 15) is 18.0 Å². The lowest BCUT2D eigenvalue weighted by Crippen LogP contribution is -2.51. The van der Waals surface area contributed by atoms with Gasteiger partial charge < -0.3 is 9.80 Å². The zero-order chi connectivity index (χ0) is 19.8. The molecule has 3 aliphatic rings. The Morgan fingerprint density at radius 3 is 2.52 bits per heavy atom. The standard InChI is InChI=1S/C14H23N5O7S/c1-9(15)17-6-4-11(5-7-17)25-16-13(20)12-3-2-10-8-18(12)14(21)19(10)26-27(22,23)24/h10-12,15H,2-8H2,1H3,(H,16,20)(H,22,23,24)/t10?,12-/m0/s1. The minimum Gasteiger partial charge on any atom is -0.361 e. The van der Waals surface area contributed by atoms with Gasteiger partial charge in [-0.3, -0.25) is 19.6 Å². The summed E-state index contributed by atoms with van der Waals surface area (Å²) >= 11 is 0. The molecule has 13 heteroatoms. The Morgan fingerprint density at radius 2 is 1.93 bits per heavy atom. The first-order chi connectivity index (χ1) is 12.7. The molecule has 1 unspecified atom stereocenters. The number of rotatable bonds is 5. The summed E-state index contributed by atoms with van der Waals surface area (Å²) in [6.07, 6.45) is 1.84. The number of nitrogens with zero attached hydrogens (tertiary/aromatic N) is 3. The van der Waals surface area contributed by atoms with Crippen LogP contribution in [0.5, 0.6) is 0 Å². The van der Waals surface area contributed by atoms with Crippen LogP contribution in [0.4, 0.5) is 4.79 Å². The van der Waals surface area contributed by atoms with Crippen LogP contribution < -0.4 is 5.48 Å². The third-order valence-electron chi connectivity index (χ3n) is 5.04. The molecule has 0 radical (unpaired) electrons. The first-order valence-electron chi connectivity index (χ1n) is 8.68. The van der Waals surface area contributed by atoms with E-state index >= 15 is 0 Å². The number of piperidine rings is 2. The zero-order valence-electron chi connectivity index (χ0n) is 14.8. The van der Waals surface area contributed by atoms with E-state index in [1.54, 1.807) is 6.92 Å². The van der Waals surface area contributed by atoms with E-state index in [4.69, 9.17) is 14.8 Å². The van der Waals surface area contributed by atoms with E-state index in [-0.39, 0.29) is 12.6 Å². The first kappa shape index (κ1) is 19.8. The van der Waals surface area contributed by atoms with E-state index in [2.05, 4.69) is 9.76 Å². The van der Waals surface area contributed by atoms with E-state index in [0.717, 1.165) is 0 Å². The summed E-state index contributed by atoms with van der Waals surface area (Å²) in [6, 6.07) is -2.13. The van der Waals surface area contributed by atoms with Gasteiger partial charge in [0.05, 0.1) is 18.0 Å². The average molecular weight is 405 g/mol. The Bertz CT molecular complexity index is 721. The molecule has 2 atom stereocenters. The zero-order valence-corrected chi connectivity index (χ0v) is 15.6. The molecule has 0 spiro atoms. The third-order valence-corrected chi connectivity index (χ3v) is 5.39. The van der Waals surface area contributed by atoms with E-state index in [1.165, 1.54) is 4.90 Å². The number of likely N-dealkylation sites (tertiary alicyclic amines) is 1. The van der Waals surface area contributed by atoms with Gasteiger partial charge in [-0.05, 0) is 32.6 Å². The number of urea groups is 1. The number of hydrogen-bond donors (Lipinski definition) is 3. The number of carbonyl (C=O) groups excluding carboxylic acids is 2. The van der Waals surface area contributed by atoms with Crippen molar-refractivity contribution in [2.75, 3.05) is 19.6 Å². The van der Waals surface area contributed by atoms with Crippen LogP contribution in [-0.4, -0.2) is 83.4 Å². The van der Waals surface area contributed by atoms with Crippen LogP contribution in [0, 0.1) is 5.41 Å². The molecule has 0 aliphatic carbocycles. The van der Waals surface area contributed by atoms with Crippen molar-refractivity contribution in [3.05, 3.63) is 0 Å². The minimum absolute atomic E-state index is 0.128. The summed E-state index contributed by atoms with van der Waals surface area (Å²) in [7, 11) is -4.82. The largest absolute Gasteiger partial charge is 0.418 e. The minimum atomic E-state index is -4.82. The summed E-state index contributed by atoms with van der Waals surface area (Å²) in [4.78, 5) is 33.3. The molecule has 152 valence electrons. The predicted octanol–water partition coefficient (Wildman–Crippen LogP) is -0.501. The van der Waals surface area contributed by atoms with Gasteiger partial charge >= 0.3 is 16.4 Å². The molecule has 2 bridgehead atoms. The molecule has 3 fully saturated rings. The van der Waals surface area contributed by atoms with Crippen LogP contribution >= 0.6 is 0 Å². The van der Waals surface area contributed by atoms with E-state index in [0.29, 0.717) is 49.7 Å². The molecule has 3 rings (SSSR count). The topological polar surface area (TPSA) is 153 Å².